The van der Waals surface area contributed by atoms with Gasteiger partial charge in [-0.2, -0.15) is 0 Å². The number of thiol groups is 1. The SMILES string of the molecule is CC(C)(C)C1=CC2C3C(=C1)N1C4=C(C=C(C5CCCCC5)CC4C4(CCCCC4)C1(C)C)[SH]3C1CC(C(C)(C)C)=CC=C1N2C1CC=CC2=C1OC1C=CCCC21. The Morgan fingerprint density at radius 2 is 1.60 bits per heavy atom. The Kier molecular flexibility index (Phi) is 8.50. The van der Waals surface area contributed by atoms with Crippen LogP contribution < -0.4 is 0 Å². The van der Waals surface area contributed by atoms with Gasteiger partial charge in [0, 0.05) is 50.0 Å². The average molecular weight is 785 g/mol. The fraction of sp³-hybridized carbons (Fsp3) is 0.660. The maximum Gasteiger partial charge on any atom is 0.123 e. The molecule has 4 heteroatoms. The average Bonchev–Trinajstić information content (AvgIpc) is 3.66. The summed E-state index contributed by atoms with van der Waals surface area (Å²) in [6, 6.07) is 0.546. The van der Waals surface area contributed by atoms with E-state index in [1.807, 2.05) is 16.2 Å². The van der Waals surface area contributed by atoms with Crippen molar-refractivity contribution in [3.63, 3.8) is 0 Å². The zero-order chi connectivity index (χ0) is 39.2. The molecule has 306 valence electrons. The first-order valence-electron chi connectivity index (χ1n) is 23.7. The maximum atomic E-state index is 7.18. The van der Waals surface area contributed by atoms with E-state index >= 15 is 0 Å². The van der Waals surface area contributed by atoms with Crippen molar-refractivity contribution in [2.24, 2.45) is 34.0 Å². The normalized spacial score (nSPS) is 38.3. The second kappa shape index (κ2) is 13.0. The number of ether oxygens (including phenoxy) is 1. The Morgan fingerprint density at radius 3 is 2.35 bits per heavy atom. The van der Waals surface area contributed by atoms with Crippen molar-refractivity contribution >= 4 is 10.9 Å². The number of allylic oxidation sites excluding steroid dienone is 10. The van der Waals surface area contributed by atoms with Crippen LogP contribution in [0.3, 0.4) is 0 Å². The van der Waals surface area contributed by atoms with E-state index < -0.39 is 10.9 Å². The van der Waals surface area contributed by atoms with Gasteiger partial charge in [-0.15, -0.1) is 0 Å². The van der Waals surface area contributed by atoms with Gasteiger partial charge in [-0.25, -0.2) is 10.9 Å². The molecule has 11 rings (SSSR count). The fourth-order valence-corrected chi connectivity index (χ4v) is 18.4. The van der Waals surface area contributed by atoms with Gasteiger partial charge in [0.2, 0.25) is 0 Å². The molecule has 0 aromatic rings. The predicted octanol–water partition coefficient (Wildman–Crippen LogP) is 13.3. The van der Waals surface area contributed by atoms with Crippen LogP contribution >= 0.6 is 10.9 Å². The Labute approximate surface area is 348 Å². The lowest BCUT2D eigenvalue weighted by Crippen LogP contribution is -2.61. The van der Waals surface area contributed by atoms with Gasteiger partial charge < -0.3 is 14.5 Å². The molecular formula is C53H72N2OS. The maximum absolute atomic E-state index is 7.18. The largest absolute Gasteiger partial charge is 0.488 e. The molecule has 0 radical (unpaired) electrons. The smallest absolute Gasteiger partial charge is 0.123 e. The molecule has 8 unspecified atom stereocenters. The molecular weight excluding hydrogens is 713 g/mol. The summed E-state index contributed by atoms with van der Waals surface area (Å²) in [6.07, 6.45) is 43.7. The molecule has 0 N–H and O–H groups in total. The molecule has 0 aromatic heterocycles. The summed E-state index contributed by atoms with van der Waals surface area (Å²) < 4.78 is 7.18. The highest BCUT2D eigenvalue weighted by atomic mass is 32.2. The monoisotopic (exact) mass is 785 g/mol. The zero-order valence-electron chi connectivity index (χ0n) is 36.7. The summed E-state index contributed by atoms with van der Waals surface area (Å²) in [6.45, 7) is 20.3. The zero-order valence-corrected chi connectivity index (χ0v) is 37.6. The van der Waals surface area contributed by atoms with Crippen molar-refractivity contribution < 1.29 is 4.74 Å². The molecule has 3 nitrogen and oxygen atoms in total. The standard InChI is InChI=1S/C53H72N2OS/c1-50(2,3)35-24-25-40-45(32-35)57-46-29-34(33-18-11-9-12-19-33)28-39-47(46)55(52(7,8)53(39)26-15-10-16-27-53)43-31-36(51(4,5)6)30-42(49(43)57)54(40)41-22-17-21-38-37-20-13-14-23-44(37)56-48(38)41/h14,17,21,23-25,29-31,33,37,39,41-42,44-45,49,57H,9-13,15-16,18-20,22,26-28,32H2,1-8H3. The van der Waals surface area contributed by atoms with E-state index in [2.05, 4.69) is 120 Å². The lowest BCUT2D eigenvalue weighted by molar-refractivity contribution is 0.0253. The third kappa shape index (κ3) is 5.35. The van der Waals surface area contributed by atoms with Gasteiger partial charge in [0.25, 0.3) is 0 Å². The third-order valence-electron chi connectivity index (χ3n) is 17.6. The first kappa shape index (κ1) is 37.4. The van der Waals surface area contributed by atoms with Gasteiger partial charge in [-0.1, -0.05) is 122 Å². The highest BCUT2D eigenvalue weighted by Gasteiger charge is 2.67. The van der Waals surface area contributed by atoms with Gasteiger partial charge in [-0.05, 0) is 124 Å². The van der Waals surface area contributed by atoms with E-state index in [1.165, 1.54) is 101 Å². The van der Waals surface area contributed by atoms with Crippen LogP contribution in [0.1, 0.15) is 152 Å². The first-order chi connectivity index (χ1) is 27.3. The molecule has 11 aliphatic rings. The minimum atomic E-state index is -0.527. The van der Waals surface area contributed by atoms with Crippen molar-refractivity contribution in [2.45, 2.75) is 186 Å². The Balaban J connectivity index is 1.16. The van der Waals surface area contributed by atoms with Gasteiger partial charge in [0.1, 0.15) is 11.9 Å². The molecule has 1 spiro atoms. The van der Waals surface area contributed by atoms with Crippen molar-refractivity contribution in [1.29, 1.82) is 0 Å². The Bertz CT molecular complexity index is 2020. The second-order valence-electron chi connectivity index (χ2n) is 22.8. The van der Waals surface area contributed by atoms with E-state index in [0.29, 0.717) is 33.8 Å². The van der Waals surface area contributed by atoms with Crippen molar-refractivity contribution in [3.05, 3.63) is 105 Å². The quantitative estimate of drug-likeness (QED) is 0.222. The van der Waals surface area contributed by atoms with Crippen LogP contribution in [0.15, 0.2) is 105 Å². The van der Waals surface area contributed by atoms with E-state index in [9.17, 15) is 0 Å². The lowest BCUT2D eigenvalue weighted by Gasteiger charge is -2.63. The molecule has 4 aliphatic heterocycles. The van der Waals surface area contributed by atoms with Crippen molar-refractivity contribution in [3.8, 4) is 0 Å². The molecule has 4 heterocycles. The molecule has 8 atom stereocenters. The summed E-state index contributed by atoms with van der Waals surface area (Å²) in [5, 5.41) is 0.996. The highest BCUT2D eigenvalue weighted by molar-refractivity contribution is 8.22. The summed E-state index contributed by atoms with van der Waals surface area (Å²) in [5.41, 5.74) is 12.3. The van der Waals surface area contributed by atoms with E-state index in [1.54, 1.807) is 22.5 Å². The number of rotatable bonds is 2. The summed E-state index contributed by atoms with van der Waals surface area (Å²) >= 11 is 0. The van der Waals surface area contributed by atoms with Gasteiger partial charge in [0.05, 0.1) is 17.3 Å². The number of nitrogens with zero attached hydrogens (tertiary/aromatic N) is 2. The highest BCUT2D eigenvalue weighted by Crippen LogP contribution is 2.74. The Morgan fingerprint density at radius 1 is 0.825 bits per heavy atom. The lowest BCUT2D eigenvalue weighted by atomic mass is 9.56. The van der Waals surface area contributed by atoms with Gasteiger partial charge >= 0.3 is 0 Å². The van der Waals surface area contributed by atoms with Crippen LogP contribution in [0, 0.1) is 34.0 Å². The molecule has 4 fully saturated rings. The molecule has 2 saturated carbocycles. The van der Waals surface area contributed by atoms with Crippen molar-refractivity contribution in [2.75, 3.05) is 0 Å². The molecule has 0 aromatic carbocycles. The van der Waals surface area contributed by atoms with Crippen molar-refractivity contribution in [1.82, 2.24) is 9.80 Å². The van der Waals surface area contributed by atoms with Crippen LogP contribution in [0.25, 0.3) is 0 Å². The topological polar surface area (TPSA) is 15.7 Å². The Hall–Kier alpha value is -2.59. The summed E-state index contributed by atoms with van der Waals surface area (Å²) in [7, 11) is -0.527. The molecule has 0 bridgehead atoms. The molecule has 0 amide bonds. The molecule has 7 aliphatic carbocycles. The van der Waals surface area contributed by atoms with Crippen LogP contribution in [-0.4, -0.2) is 44.0 Å². The minimum absolute atomic E-state index is 0.0606. The van der Waals surface area contributed by atoms with E-state index in [4.69, 9.17) is 4.74 Å². The van der Waals surface area contributed by atoms with E-state index in [-0.39, 0.29) is 28.5 Å². The van der Waals surface area contributed by atoms with E-state index in [0.717, 1.165) is 12.3 Å². The van der Waals surface area contributed by atoms with Crippen LogP contribution in [0.5, 0.6) is 0 Å². The van der Waals surface area contributed by atoms with Crippen LogP contribution in [0.4, 0.5) is 0 Å². The number of fused-ring (bicyclic) bond motifs is 7. The summed E-state index contributed by atoms with van der Waals surface area (Å²) in [5.74, 6) is 3.24. The number of hydrogen-bond acceptors (Lipinski definition) is 3. The first-order valence-corrected chi connectivity index (χ1v) is 25.2. The summed E-state index contributed by atoms with van der Waals surface area (Å²) in [4.78, 5) is 7.97. The fourth-order valence-electron chi connectivity index (χ4n) is 14.6. The second-order valence-corrected chi connectivity index (χ2v) is 25.3. The predicted molar refractivity (Wildman–Crippen MR) is 241 cm³/mol. The van der Waals surface area contributed by atoms with Crippen LogP contribution in [0.2, 0.25) is 0 Å². The molecule has 2 saturated heterocycles. The third-order valence-corrected chi connectivity index (χ3v) is 20.8. The number of hydrogen-bond donors (Lipinski definition) is 1. The van der Waals surface area contributed by atoms with Gasteiger partial charge in [-0.3, -0.25) is 0 Å². The molecule has 57 heavy (non-hydrogen) atoms. The van der Waals surface area contributed by atoms with Crippen LogP contribution in [-0.2, 0) is 4.74 Å². The minimum Gasteiger partial charge on any atom is -0.488 e. The van der Waals surface area contributed by atoms with Gasteiger partial charge in [0.15, 0.2) is 0 Å².